The van der Waals surface area contributed by atoms with Crippen molar-refractivity contribution >= 4 is 23.2 Å². The smallest absolute Gasteiger partial charge is 0.228 e. The number of nitrogens with zero attached hydrogens (tertiary/aromatic N) is 2. The van der Waals surface area contributed by atoms with Crippen LogP contribution in [-0.4, -0.2) is 28.9 Å². The lowest BCUT2D eigenvalue weighted by Gasteiger charge is -2.12. The van der Waals surface area contributed by atoms with Gasteiger partial charge in [0.1, 0.15) is 5.82 Å². The summed E-state index contributed by atoms with van der Waals surface area (Å²) in [6.45, 7) is 4.83. The molecule has 0 saturated carbocycles. The summed E-state index contributed by atoms with van der Waals surface area (Å²) in [4.78, 5) is 12.7. The number of rotatable bonds is 4. The third-order valence-corrected chi connectivity index (χ3v) is 5.27. The summed E-state index contributed by atoms with van der Waals surface area (Å²) < 4.78 is 26.2. The van der Waals surface area contributed by atoms with Gasteiger partial charge < -0.3 is 14.8 Å². The minimum absolute atomic E-state index is 0.129. The standard InChI is InChI=1S/C22H21ClFN3O3/c1-13-17(14(2)27(26-13)16-6-4-15(24)5-7-16)10-22(28)25-19-12-21-20(11-18(19)23)29-8-3-9-30-21/h4-7,11-12H,3,8-10H2,1-2H3,(H,25,28). The fourth-order valence-corrected chi connectivity index (χ4v) is 3.60. The summed E-state index contributed by atoms with van der Waals surface area (Å²) in [5, 5.41) is 7.73. The number of aryl methyl sites for hydroxylation is 1. The summed E-state index contributed by atoms with van der Waals surface area (Å²) in [5.74, 6) is 0.592. The first kappa shape index (κ1) is 20.2. The predicted octanol–water partition coefficient (Wildman–Crippen LogP) is 4.62. The van der Waals surface area contributed by atoms with Crippen LogP contribution in [0.5, 0.6) is 11.5 Å². The number of benzene rings is 2. The fourth-order valence-electron chi connectivity index (χ4n) is 3.40. The number of amides is 1. The molecule has 0 atom stereocenters. The highest BCUT2D eigenvalue weighted by Gasteiger charge is 2.19. The molecule has 1 aliphatic rings. The van der Waals surface area contributed by atoms with Gasteiger partial charge in [0.2, 0.25) is 5.91 Å². The average Bonchev–Trinajstić information content (AvgIpc) is 2.87. The van der Waals surface area contributed by atoms with Gasteiger partial charge in [-0.15, -0.1) is 0 Å². The lowest BCUT2D eigenvalue weighted by atomic mass is 10.1. The molecule has 156 valence electrons. The van der Waals surface area contributed by atoms with Gasteiger partial charge in [0.25, 0.3) is 0 Å². The molecule has 0 aliphatic carbocycles. The van der Waals surface area contributed by atoms with E-state index < -0.39 is 0 Å². The van der Waals surface area contributed by atoms with Gasteiger partial charge in [-0.05, 0) is 38.1 Å². The average molecular weight is 430 g/mol. The molecule has 3 aromatic rings. The van der Waals surface area contributed by atoms with Crippen molar-refractivity contribution in [3.63, 3.8) is 0 Å². The molecule has 8 heteroatoms. The third-order valence-electron chi connectivity index (χ3n) is 4.96. The van der Waals surface area contributed by atoms with Gasteiger partial charge in [-0.1, -0.05) is 11.6 Å². The number of hydrogen-bond donors (Lipinski definition) is 1. The fraction of sp³-hybridized carbons (Fsp3) is 0.273. The Labute approximate surface area is 178 Å². The lowest BCUT2D eigenvalue weighted by Crippen LogP contribution is -2.16. The summed E-state index contributed by atoms with van der Waals surface area (Å²) in [5.41, 5.74) is 3.56. The molecule has 30 heavy (non-hydrogen) atoms. The molecular formula is C22H21ClFN3O3. The number of anilines is 1. The molecule has 1 N–H and O–H groups in total. The van der Waals surface area contributed by atoms with Crippen LogP contribution in [0.1, 0.15) is 23.4 Å². The molecule has 6 nitrogen and oxygen atoms in total. The number of carbonyl (C=O) groups excluding carboxylic acids is 1. The van der Waals surface area contributed by atoms with Crippen molar-refractivity contribution in [1.29, 1.82) is 0 Å². The predicted molar refractivity (Wildman–Crippen MR) is 112 cm³/mol. The second kappa shape index (κ2) is 8.36. The Morgan fingerprint density at radius 1 is 1.17 bits per heavy atom. The first-order valence-corrected chi connectivity index (χ1v) is 10.00. The summed E-state index contributed by atoms with van der Waals surface area (Å²) in [6.07, 6.45) is 0.911. The number of hydrogen-bond acceptors (Lipinski definition) is 4. The Morgan fingerprint density at radius 3 is 2.53 bits per heavy atom. The maximum absolute atomic E-state index is 13.2. The third kappa shape index (κ3) is 4.11. The molecule has 4 rings (SSSR count). The van der Waals surface area contributed by atoms with Crippen LogP contribution in [0, 0.1) is 19.7 Å². The van der Waals surface area contributed by atoms with Gasteiger partial charge in [0.05, 0.1) is 41.7 Å². The second-order valence-corrected chi connectivity index (χ2v) is 7.50. The van der Waals surface area contributed by atoms with E-state index in [0.717, 1.165) is 29.1 Å². The monoisotopic (exact) mass is 429 g/mol. The van der Waals surface area contributed by atoms with Gasteiger partial charge >= 0.3 is 0 Å². The molecule has 0 spiro atoms. The van der Waals surface area contributed by atoms with Crippen molar-refractivity contribution in [2.75, 3.05) is 18.5 Å². The van der Waals surface area contributed by atoms with E-state index in [1.54, 1.807) is 28.9 Å². The highest BCUT2D eigenvalue weighted by Crippen LogP contribution is 2.37. The second-order valence-electron chi connectivity index (χ2n) is 7.09. The van der Waals surface area contributed by atoms with Crippen LogP contribution < -0.4 is 14.8 Å². The maximum Gasteiger partial charge on any atom is 0.228 e. The van der Waals surface area contributed by atoms with Crippen molar-refractivity contribution < 1.29 is 18.7 Å². The minimum atomic E-state index is -0.313. The number of fused-ring (bicyclic) bond motifs is 1. The lowest BCUT2D eigenvalue weighted by molar-refractivity contribution is -0.115. The zero-order valence-electron chi connectivity index (χ0n) is 16.7. The molecule has 0 saturated heterocycles. The topological polar surface area (TPSA) is 65.4 Å². The van der Waals surface area contributed by atoms with Gasteiger partial charge in [-0.2, -0.15) is 5.10 Å². The molecule has 2 heterocycles. The van der Waals surface area contributed by atoms with Crippen LogP contribution in [0.2, 0.25) is 5.02 Å². The van der Waals surface area contributed by atoms with Gasteiger partial charge in [-0.3, -0.25) is 4.79 Å². The van der Waals surface area contributed by atoms with Crippen LogP contribution in [0.15, 0.2) is 36.4 Å². The van der Waals surface area contributed by atoms with E-state index in [1.165, 1.54) is 12.1 Å². The van der Waals surface area contributed by atoms with Crippen molar-refractivity contribution in [1.82, 2.24) is 9.78 Å². The van der Waals surface area contributed by atoms with E-state index in [4.69, 9.17) is 21.1 Å². The summed E-state index contributed by atoms with van der Waals surface area (Å²) in [6, 6.07) is 9.39. The zero-order chi connectivity index (χ0) is 21.3. The van der Waals surface area contributed by atoms with Gasteiger partial charge in [-0.25, -0.2) is 9.07 Å². The van der Waals surface area contributed by atoms with Crippen molar-refractivity contribution in [2.45, 2.75) is 26.7 Å². The normalized spacial score (nSPS) is 13.1. The SMILES string of the molecule is Cc1nn(-c2ccc(F)cc2)c(C)c1CC(=O)Nc1cc2c(cc1Cl)OCCCO2. The van der Waals surface area contributed by atoms with Gasteiger partial charge in [0, 0.05) is 29.8 Å². The summed E-state index contributed by atoms with van der Waals surface area (Å²) in [7, 11) is 0. The van der Waals surface area contributed by atoms with Crippen LogP contribution >= 0.6 is 11.6 Å². The molecular weight excluding hydrogens is 409 g/mol. The zero-order valence-corrected chi connectivity index (χ0v) is 17.4. The maximum atomic E-state index is 13.2. The molecule has 0 bridgehead atoms. The van der Waals surface area contributed by atoms with E-state index in [-0.39, 0.29) is 18.1 Å². The Hall–Kier alpha value is -3.06. The molecule has 1 amide bonds. The van der Waals surface area contributed by atoms with Crippen molar-refractivity contribution in [2.24, 2.45) is 0 Å². The first-order valence-electron chi connectivity index (χ1n) is 9.62. The van der Waals surface area contributed by atoms with E-state index in [9.17, 15) is 9.18 Å². The first-order chi connectivity index (χ1) is 14.4. The van der Waals surface area contributed by atoms with Crippen LogP contribution in [0.25, 0.3) is 5.69 Å². The molecule has 2 aromatic carbocycles. The van der Waals surface area contributed by atoms with E-state index in [1.807, 2.05) is 13.8 Å². The van der Waals surface area contributed by atoms with Crippen LogP contribution in [0.3, 0.4) is 0 Å². The Morgan fingerprint density at radius 2 is 1.83 bits per heavy atom. The van der Waals surface area contributed by atoms with Crippen molar-refractivity contribution in [3.8, 4) is 17.2 Å². The largest absolute Gasteiger partial charge is 0.490 e. The number of aromatic nitrogens is 2. The molecule has 0 radical (unpaired) electrons. The Kier molecular flexibility index (Phi) is 5.63. The molecule has 1 aromatic heterocycles. The summed E-state index contributed by atoms with van der Waals surface area (Å²) >= 11 is 6.32. The number of ether oxygens (including phenoxy) is 2. The Balaban J connectivity index is 1.54. The molecule has 1 aliphatic heterocycles. The quantitative estimate of drug-likeness (QED) is 0.657. The Bertz CT molecular complexity index is 1100. The number of carbonyl (C=O) groups is 1. The minimum Gasteiger partial charge on any atom is -0.490 e. The van der Waals surface area contributed by atoms with E-state index in [0.29, 0.717) is 35.4 Å². The number of nitrogens with one attached hydrogen (secondary N) is 1. The van der Waals surface area contributed by atoms with Crippen molar-refractivity contribution in [3.05, 3.63) is 64.2 Å². The molecule has 0 fully saturated rings. The van der Waals surface area contributed by atoms with Crippen LogP contribution in [-0.2, 0) is 11.2 Å². The highest BCUT2D eigenvalue weighted by atomic mass is 35.5. The molecule has 0 unspecified atom stereocenters. The van der Waals surface area contributed by atoms with Crippen LogP contribution in [0.4, 0.5) is 10.1 Å². The number of halogens is 2. The van der Waals surface area contributed by atoms with E-state index >= 15 is 0 Å². The van der Waals surface area contributed by atoms with Gasteiger partial charge in [0.15, 0.2) is 11.5 Å². The highest BCUT2D eigenvalue weighted by molar-refractivity contribution is 6.34. The van der Waals surface area contributed by atoms with E-state index in [2.05, 4.69) is 10.4 Å².